The van der Waals surface area contributed by atoms with Gasteiger partial charge in [-0.15, -0.1) is 0 Å². The molecule has 0 saturated carbocycles. The van der Waals surface area contributed by atoms with Crippen LogP contribution >= 0.6 is 0 Å². The van der Waals surface area contributed by atoms with Gasteiger partial charge >= 0.3 is 9.28 Å². The summed E-state index contributed by atoms with van der Waals surface area (Å²) in [5.41, 5.74) is 0. The minimum Gasteiger partial charge on any atom is -0.393 e. The first-order valence-electron chi connectivity index (χ1n) is 5.20. The van der Waals surface area contributed by atoms with E-state index in [1.807, 2.05) is 0 Å². The molecule has 0 aromatic heterocycles. The van der Waals surface area contributed by atoms with E-state index in [4.69, 9.17) is 8.85 Å². The maximum atomic E-state index is 13.5. The van der Waals surface area contributed by atoms with Gasteiger partial charge in [0.2, 0.25) is 5.82 Å². The monoisotopic (exact) mass is 286 g/mol. The minimum absolute atomic E-state index is 0.0520. The Bertz CT molecular complexity index is 406. The van der Waals surface area contributed by atoms with E-state index in [1.54, 1.807) is 0 Å². The first kappa shape index (κ1) is 15.1. The molecule has 0 heterocycles. The highest BCUT2D eigenvalue weighted by atomic mass is 28.3. The number of rotatable bonds is 5. The Hall–Kier alpha value is -0.993. The van der Waals surface area contributed by atoms with Crippen LogP contribution in [-0.4, -0.2) is 22.5 Å². The van der Waals surface area contributed by atoms with Crippen molar-refractivity contribution in [3.63, 3.8) is 0 Å². The fourth-order valence-electron chi connectivity index (χ4n) is 1.35. The van der Waals surface area contributed by atoms with Crippen molar-refractivity contribution in [2.45, 2.75) is 13.8 Å². The third-order valence-electron chi connectivity index (χ3n) is 2.12. The van der Waals surface area contributed by atoms with Gasteiger partial charge < -0.3 is 8.85 Å². The lowest BCUT2D eigenvalue weighted by Gasteiger charge is -2.17. The van der Waals surface area contributed by atoms with Crippen molar-refractivity contribution in [2.75, 3.05) is 13.2 Å². The van der Waals surface area contributed by atoms with Crippen LogP contribution in [0.25, 0.3) is 0 Å². The van der Waals surface area contributed by atoms with Gasteiger partial charge in [-0.25, -0.2) is 22.0 Å². The molecule has 2 nitrogen and oxygen atoms in total. The molecular weight excluding hydrogens is 275 g/mol. The molecule has 102 valence electrons. The van der Waals surface area contributed by atoms with Crippen molar-refractivity contribution in [2.24, 2.45) is 0 Å². The van der Waals surface area contributed by atoms with E-state index in [9.17, 15) is 22.0 Å². The summed E-state index contributed by atoms with van der Waals surface area (Å²) in [5, 5.41) is -0.977. The van der Waals surface area contributed by atoms with Crippen molar-refractivity contribution in [1.82, 2.24) is 0 Å². The Labute approximate surface area is 102 Å². The second kappa shape index (κ2) is 6.25. The lowest BCUT2D eigenvalue weighted by Crippen LogP contribution is -2.43. The first-order valence-corrected chi connectivity index (χ1v) is 6.72. The van der Waals surface area contributed by atoms with E-state index in [0.29, 0.717) is 0 Å². The van der Waals surface area contributed by atoms with Crippen LogP contribution in [0.15, 0.2) is 0 Å². The Morgan fingerprint density at radius 1 is 0.722 bits per heavy atom. The molecule has 0 N–H and O–H groups in total. The van der Waals surface area contributed by atoms with Gasteiger partial charge in [0.05, 0.1) is 5.19 Å². The lowest BCUT2D eigenvalue weighted by atomic mass is 10.3. The van der Waals surface area contributed by atoms with Crippen LogP contribution < -0.4 is 5.19 Å². The van der Waals surface area contributed by atoms with Crippen LogP contribution in [-0.2, 0) is 8.85 Å². The van der Waals surface area contributed by atoms with Crippen LogP contribution in [0.2, 0.25) is 0 Å². The molecule has 0 bridgehead atoms. The summed E-state index contributed by atoms with van der Waals surface area (Å²) in [7, 11) is -3.14. The van der Waals surface area contributed by atoms with Crippen LogP contribution in [0.1, 0.15) is 13.8 Å². The van der Waals surface area contributed by atoms with Gasteiger partial charge in [0.1, 0.15) is 0 Å². The zero-order chi connectivity index (χ0) is 13.9. The molecule has 18 heavy (non-hydrogen) atoms. The molecule has 0 fully saturated rings. The quantitative estimate of drug-likeness (QED) is 0.356. The Morgan fingerprint density at radius 2 is 1.06 bits per heavy atom. The molecule has 0 radical (unpaired) electrons. The highest BCUT2D eigenvalue weighted by Gasteiger charge is 2.33. The van der Waals surface area contributed by atoms with E-state index in [-0.39, 0.29) is 13.2 Å². The van der Waals surface area contributed by atoms with Gasteiger partial charge in [0.15, 0.2) is 23.3 Å². The highest BCUT2D eigenvalue weighted by Crippen LogP contribution is 2.17. The zero-order valence-corrected chi connectivity index (χ0v) is 10.9. The minimum atomic E-state index is -3.14. The predicted molar refractivity (Wildman–Crippen MR) is 56.3 cm³/mol. The second-order valence-corrected chi connectivity index (χ2v) is 5.13. The summed E-state index contributed by atoms with van der Waals surface area (Å²) >= 11 is 0. The molecule has 0 aliphatic heterocycles. The summed E-state index contributed by atoms with van der Waals surface area (Å²) in [6.45, 7) is 3.17. The summed E-state index contributed by atoms with van der Waals surface area (Å²) in [5.74, 6) is -9.92. The van der Waals surface area contributed by atoms with Gasteiger partial charge in [0.25, 0.3) is 0 Å². The van der Waals surface area contributed by atoms with Gasteiger partial charge in [-0.1, -0.05) is 0 Å². The zero-order valence-electron chi connectivity index (χ0n) is 9.70. The van der Waals surface area contributed by atoms with Crippen LogP contribution in [0.4, 0.5) is 22.0 Å². The van der Waals surface area contributed by atoms with E-state index in [0.717, 1.165) is 0 Å². The fourth-order valence-corrected chi connectivity index (χ4v) is 3.05. The van der Waals surface area contributed by atoms with Crippen molar-refractivity contribution in [3.8, 4) is 0 Å². The summed E-state index contributed by atoms with van der Waals surface area (Å²) in [6.07, 6.45) is 0. The number of hydrogen-bond donors (Lipinski definition) is 0. The molecule has 0 spiro atoms. The van der Waals surface area contributed by atoms with E-state index in [2.05, 4.69) is 0 Å². The summed E-state index contributed by atoms with van der Waals surface area (Å²) < 4.78 is 75.7. The van der Waals surface area contributed by atoms with E-state index >= 15 is 0 Å². The lowest BCUT2D eigenvalue weighted by molar-refractivity contribution is 0.222. The summed E-state index contributed by atoms with van der Waals surface area (Å²) in [4.78, 5) is 0. The van der Waals surface area contributed by atoms with Crippen LogP contribution in [0.5, 0.6) is 0 Å². The van der Waals surface area contributed by atoms with Gasteiger partial charge in [-0.3, -0.25) is 0 Å². The number of halogens is 5. The SMILES string of the molecule is CCO[SiH](OCC)c1c(F)c(F)c(F)c(F)c1F. The van der Waals surface area contributed by atoms with Gasteiger partial charge in [-0.05, 0) is 13.8 Å². The van der Waals surface area contributed by atoms with Crippen molar-refractivity contribution in [3.05, 3.63) is 29.1 Å². The molecule has 1 aromatic rings. The maximum absolute atomic E-state index is 13.5. The molecule has 0 saturated heterocycles. The van der Waals surface area contributed by atoms with E-state index in [1.165, 1.54) is 13.8 Å². The second-order valence-electron chi connectivity index (χ2n) is 3.23. The molecule has 1 aromatic carbocycles. The normalized spacial score (nSPS) is 11.3. The summed E-state index contributed by atoms with van der Waals surface area (Å²) in [6, 6.07) is 0. The molecule has 0 atom stereocenters. The smallest absolute Gasteiger partial charge is 0.362 e. The highest BCUT2D eigenvalue weighted by molar-refractivity contribution is 6.61. The Morgan fingerprint density at radius 3 is 1.39 bits per heavy atom. The van der Waals surface area contributed by atoms with Crippen molar-refractivity contribution in [1.29, 1.82) is 0 Å². The third kappa shape index (κ3) is 2.70. The largest absolute Gasteiger partial charge is 0.393 e. The molecule has 0 aliphatic carbocycles. The van der Waals surface area contributed by atoms with E-state index < -0.39 is 43.6 Å². The van der Waals surface area contributed by atoms with Crippen molar-refractivity contribution < 1.29 is 30.8 Å². The molecule has 0 amide bonds. The first-order chi connectivity index (χ1) is 8.45. The molecule has 0 aliphatic rings. The third-order valence-corrected chi connectivity index (χ3v) is 4.37. The Balaban J connectivity index is 3.37. The molecular formula is C10H11F5O2Si. The van der Waals surface area contributed by atoms with Gasteiger partial charge in [-0.2, -0.15) is 0 Å². The van der Waals surface area contributed by atoms with Crippen molar-refractivity contribution >= 4 is 14.5 Å². The Kier molecular flexibility index (Phi) is 5.24. The maximum Gasteiger partial charge on any atom is 0.362 e. The predicted octanol–water partition coefficient (Wildman–Crippen LogP) is 1.88. The van der Waals surface area contributed by atoms with Crippen LogP contribution in [0.3, 0.4) is 0 Å². The van der Waals surface area contributed by atoms with Crippen LogP contribution in [0, 0.1) is 29.1 Å². The van der Waals surface area contributed by atoms with Gasteiger partial charge in [0, 0.05) is 13.2 Å². The standard InChI is InChI=1S/C10H11F5O2Si/c1-3-16-18(17-4-2)10-8(14)6(12)5(11)7(13)9(10)15/h18H,3-4H2,1-2H3. The topological polar surface area (TPSA) is 18.5 Å². The molecule has 0 unspecified atom stereocenters. The molecule has 8 heteroatoms. The molecule has 1 rings (SSSR count). The average molecular weight is 286 g/mol. The number of benzene rings is 1. The fraction of sp³-hybridized carbons (Fsp3) is 0.400. The average Bonchev–Trinajstić information content (AvgIpc) is 2.35. The number of hydrogen-bond acceptors (Lipinski definition) is 2.